The van der Waals surface area contributed by atoms with Crippen LogP contribution in [0.15, 0.2) is 6.20 Å². The fourth-order valence-electron chi connectivity index (χ4n) is 2.66. The fourth-order valence-corrected chi connectivity index (χ4v) is 2.66. The van der Waals surface area contributed by atoms with Crippen LogP contribution in [0.3, 0.4) is 0 Å². The van der Waals surface area contributed by atoms with Crippen LogP contribution in [-0.4, -0.2) is 40.1 Å². The molecule has 1 aromatic heterocycles. The lowest BCUT2D eigenvalue weighted by atomic mass is 10.0. The maximum atomic E-state index is 11.0. The number of ether oxygens (including phenoxy) is 1. The molecule has 1 aromatic rings. The van der Waals surface area contributed by atoms with E-state index in [-0.39, 0.29) is 17.7 Å². The van der Waals surface area contributed by atoms with E-state index in [1.165, 1.54) is 6.20 Å². The van der Waals surface area contributed by atoms with Crippen LogP contribution in [0.25, 0.3) is 0 Å². The predicted octanol–water partition coefficient (Wildman–Crippen LogP) is 1.12. The van der Waals surface area contributed by atoms with E-state index in [1.54, 1.807) is 4.68 Å². The predicted molar refractivity (Wildman–Crippen MR) is 60.3 cm³/mol. The molecule has 1 fully saturated rings. The summed E-state index contributed by atoms with van der Waals surface area (Å²) in [6.07, 6.45) is 4.64. The molecule has 0 bridgehead atoms. The summed E-state index contributed by atoms with van der Waals surface area (Å²) in [5.41, 5.74) is 0.243. The van der Waals surface area contributed by atoms with Crippen molar-refractivity contribution in [1.29, 1.82) is 0 Å². The van der Waals surface area contributed by atoms with Gasteiger partial charge in [-0.1, -0.05) is 0 Å². The first-order valence-electron chi connectivity index (χ1n) is 5.93. The van der Waals surface area contributed by atoms with Crippen LogP contribution in [0.2, 0.25) is 0 Å². The van der Waals surface area contributed by atoms with Gasteiger partial charge < -0.3 is 15.2 Å². The zero-order chi connectivity index (χ0) is 11.8. The van der Waals surface area contributed by atoms with Crippen molar-refractivity contribution in [3.63, 3.8) is 0 Å². The normalized spacial score (nSPS) is 27.5. The third-order valence-electron chi connectivity index (χ3n) is 3.47. The summed E-state index contributed by atoms with van der Waals surface area (Å²) in [7, 11) is 0. The maximum Gasteiger partial charge on any atom is 0.341 e. The SMILES string of the molecule is O=C(O)c1cnn2c1NCCC2C1CCCO1. The fraction of sp³-hybridized carbons (Fsp3) is 0.636. The van der Waals surface area contributed by atoms with E-state index in [1.807, 2.05) is 0 Å². The van der Waals surface area contributed by atoms with Gasteiger partial charge in [-0.15, -0.1) is 0 Å². The highest BCUT2D eigenvalue weighted by molar-refractivity contribution is 5.93. The molecule has 3 rings (SSSR count). The molecule has 2 unspecified atom stereocenters. The first kappa shape index (κ1) is 10.6. The Balaban J connectivity index is 1.94. The number of aromatic nitrogens is 2. The second kappa shape index (κ2) is 4.03. The van der Waals surface area contributed by atoms with Crippen LogP contribution >= 0.6 is 0 Å². The molecule has 2 atom stereocenters. The van der Waals surface area contributed by atoms with Crippen LogP contribution in [0, 0.1) is 0 Å². The van der Waals surface area contributed by atoms with E-state index in [0.717, 1.165) is 32.4 Å². The topological polar surface area (TPSA) is 76.4 Å². The first-order valence-corrected chi connectivity index (χ1v) is 5.93. The molecule has 17 heavy (non-hydrogen) atoms. The smallest absolute Gasteiger partial charge is 0.341 e. The van der Waals surface area contributed by atoms with Crippen LogP contribution in [-0.2, 0) is 4.74 Å². The summed E-state index contributed by atoms with van der Waals surface area (Å²) in [6, 6.07) is 0.168. The van der Waals surface area contributed by atoms with Gasteiger partial charge in [0.05, 0.1) is 18.3 Å². The summed E-state index contributed by atoms with van der Waals surface area (Å²) in [5.74, 6) is -0.323. The molecule has 0 radical (unpaired) electrons. The highest BCUT2D eigenvalue weighted by Crippen LogP contribution is 2.33. The van der Waals surface area contributed by atoms with Gasteiger partial charge in [-0.2, -0.15) is 5.10 Å². The molecule has 2 aliphatic rings. The molecule has 1 saturated heterocycles. The Bertz CT molecular complexity index is 437. The largest absolute Gasteiger partial charge is 0.477 e. The summed E-state index contributed by atoms with van der Waals surface area (Å²) in [4.78, 5) is 11.0. The lowest BCUT2D eigenvalue weighted by Crippen LogP contribution is -2.32. The third kappa shape index (κ3) is 1.68. The molecule has 6 nitrogen and oxygen atoms in total. The number of hydrogen-bond acceptors (Lipinski definition) is 4. The average Bonchev–Trinajstić information content (AvgIpc) is 2.97. The van der Waals surface area contributed by atoms with Gasteiger partial charge in [0, 0.05) is 13.2 Å². The van der Waals surface area contributed by atoms with Gasteiger partial charge >= 0.3 is 5.97 Å². The highest BCUT2D eigenvalue weighted by atomic mass is 16.5. The van der Waals surface area contributed by atoms with Crippen molar-refractivity contribution in [1.82, 2.24) is 9.78 Å². The number of carbonyl (C=O) groups is 1. The Labute approximate surface area is 98.6 Å². The monoisotopic (exact) mass is 237 g/mol. The summed E-state index contributed by atoms with van der Waals surface area (Å²) in [6.45, 7) is 1.58. The van der Waals surface area contributed by atoms with Crippen molar-refractivity contribution in [2.24, 2.45) is 0 Å². The van der Waals surface area contributed by atoms with Crippen molar-refractivity contribution in [2.45, 2.75) is 31.4 Å². The van der Waals surface area contributed by atoms with Crippen molar-refractivity contribution in [2.75, 3.05) is 18.5 Å². The Hall–Kier alpha value is -1.56. The Morgan fingerprint density at radius 3 is 3.18 bits per heavy atom. The van der Waals surface area contributed by atoms with E-state index < -0.39 is 5.97 Å². The zero-order valence-electron chi connectivity index (χ0n) is 9.43. The number of hydrogen-bond donors (Lipinski definition) is 2. The van der Waals surface area contributed by atoms with Gasteiger partial charge in [0.1, 0.15) is 11.4 Å². The molecule has 0 amide bonds. The second-order valence-electron chi connectivity index (χ2n) is 4.49. The molecule has 6 heteroatoms. The van der Waals surface area contributed by atoms with Gasteiger partial charge in [0.2, 0.25) is 0 Å². The van der Waals surface area contributed by atoms with Crippen LogP contribution in [0.1, 0.15) is 35.7 Å². The van der Waals surface area contributed by atoms with Crippen LogP contribution < -0.4 is 5.32 Å². The minimum Gasteiger partial charge on any atom is -0.477 e. The van der Waals surface area contributed by atoms with E-state index in [9.17, 15) is 4.79 Å². The number of anilines is 1. The molecule has 2 aliphatic heterocycles. The Morgan fingerprint density at radius 1 is 1.59 bits per heavy atom. The molecular weight excluding hydrogens is 222 g/mol. The van der Waals surface area contributed by atoms with Gasteiger partial charge in [-0.25, -0.2) is 9.48 Å². The van der Waals surface area contributed by atoms with Gasteiger partial charge in [-0.05, 0) is 19.3 Å². The van der Waals surface area contributed by atoms with E-state index in [4.69, 9.17) is 9.84 Å². The zero-order valence-corrected chi connectivity index (χ0v) is 9.43. The standard InChI is InChI=1S/C11H15N3O3/c15-11(16)7-6-13-14-8(3-4-12-10(7)14)9-2-1-5-17-9/h6,8-9,12H,1-5H2,(H,15,16). The van der Waals surface area contributed by atoms with Gasteiger partial charge in [0.15, 0.2) is 0 Å². The van der Waals surface area contributed by atoms with Crippen LogP contribution in [0.4, 0.5) is 5.82 Å². The second-order valence-corrected chi connectivity index (χ2v) is 4.49. The number of carboxylic acids is 1. The van der Waals surface area contributed by atoms with Crippen molar-refractivity contribution >= 4 is 11.8 Å². The summed E-state index contributed by atoms with van der Waals surface area (Å²) in [5, 5.41) is 16.4. The quantitative estimate of drug-likeness (QED) is 0.806. The Morgan fingerprint density at radius 2 is 2.47 bits per heavy atom. The molecule has 0 aromatic carbocycles. The lowest BCUT2D eigenvalue weighted by Gasteiger charge is -2.29. The summed E-state index contributed by atoms with van der Waals surface area (Å²) < 4.78 is 7.46. The van der Waals surface area contributed by atoms with E-state index >= 15 is 0 Å². The highest BCUT2D eigenvalue weighted by Gasteiger charge is 2.33. The minimum absolute atomic E-state index is 0.168. The number of fused-ring (bicyclic) bond motifs is 1. The number of rotatable bonds is 2. The number of nitrogens with one attached hydrogen (secondary N) is 1. The molecule has 0 saturated carbocycles. The minimum atomic E-state index is -0.938. The molecule has 2 N–H and O–H groups in total. The third-order valence-corrected chi connectivity index (χ3v) is 3.47. The first-order chi connectivity index (χ1) is 8.27. The van der Waals surface area contributed by atoms with Crippen molar-refractivity contribution in [3.05, 3.63) is 11.8 Å². The lowest BCUT2D eigenvalue weighted by molar-refractivity contribution is 0.0588. The van der Waals surface area contributed by atoms with Gasteiger partial charge in [0.25, 0.3) is 0 Å². The van der Waals surface area contributed by atoms with Crippen LogP contribution in [0.5, 0.6) is 0 Å². The van der Waals surface area contributed by atoms with E-state index in [0.29, 0.717) is 5.82 Å². The molecule has 0 spiro atoms. The molecule has 3 heterocycles. The molecule has 0 aliphatic carbocycles. The summed E-state index contributed by atoms with van der Waals surface area (Å²) >= 11 is 0. The Kier molecular flexibility index (Phi) is 2.51. The molecule has 92 valence electrons. The number of aromatic carboxylic acids is 1. The number of nitrogens with zero attached hydrogens (tertiary/aromatic N) is 2. The number of carboxylic acid groups (broad SMARTS) is 1. The molecular formula is C11H15N3O3. The van der Waals surface area contributed by atoms with E-state index in [2.05, 4.69) is 10.4 Å². The van der Waals surface area contributed by atoms with Gasteiger partial charge in [-0.3, -0.25) is 0 Å². The van der Waals surface area contributed by atoms with Crippen molar-refractivity contribution in [3.8, 4) is 0 Å². The van der Waals surface area contributed by atoms with Crippen molar-refractivity contribution < 1.29 is 14.6 Å². The average molecular weight is 237 g/mol. The maximum absolute atomic E-state index is 11.0.